The topological polar surface area (TPSA) is 46.9 Å². The fraction of sp³-hybridized carbons (Fsp3) is 0.158. The molecule has 0 aliphatic heterocycles. The fourth-order valence-corrected chi connectivity index (χ4v) is 2.65. The van der Waals surface area contributed by atoms with Crippen molar-refractivity contribution in [3.63, 3.8) is 0 Å². The van der Waals surface area contributed by atoms with Crippen LogP contribution in [0, 0.1) is 12.7 Å². The van der Waals surface area contributed by atoms with Gasteiger partial charge in [-0.05, 0) is 48.9 Å². The monoisotopic (exact) mass is 377 g/mol. The second-order valence-electron chi connectivity index (χ2n) is 6.05. The van der Waals surface area contributed by atoms with E-state index in [0.29, 0.717) is 5.69 Å². The molecule has 0 radical (unpaired) electrons. The largest absolute Gasteiger partial charge is 0.435 e. The molecule has 4 nitrogen and oxygen atoms in total. The number of hydrogen-bond donors (Lipinski definition) is 1. The Bertz CT molecular complexity index is 1010. The minimum absolute atomic E-state index is 0.0366. The standard InChI is InChI=1S/C19H15F4N3O/c1-11-4-3-5-13(8-11)24-18(27)12-6-7-14(15(20)9-12)16-10-17(19(21,22)23)25-26(16)2/h3-10H,1-2H3,(H,24,27). The van der Waals surface area contributed by atoms with Gasteiger partial charge in [0, 0.05) is 23.9 Å². The van der Waals surface area contributed by atoms with Crippen LogP contribution in [0.1, 0.15) is 21.6 Å². The first-order valence-corrected chi connectivity index (χ1v) is 7.94. The highest BCUT2D eigenvalue weighted by molar-refractivity contribution is 6.04. The normalized spacial score (nSPS) is 11.5. The predicted octanol–water partition coefficient (Wildman–Crippen LogP) is 4.81. The molecule has 3 aromatic rings. The van der Waals surface area contributed by atoms with Crippen LogP contribution in [0.5, 0.6) is 0 Å². The summed E-state index contributed by atoms with van der Waals surface area (Å²) >= 11 is 0. The van der Waals surface area contributed by atoms with E-state index in [2.05, 4.69) is 10.4 Å². The molecule has 0 atom stereocenters. The highest BCUT2D eigenvalue weighted by Crippen LogP contribution is 2.32. The zero-order valence-electron chi connectivity index (χ0n) is 14.4. The van der Waals surface area contributed by atoms with Gasteiger partial charge < -0.3 is 5.32 Å². The third-order valence-corrected chi connectivity index (χ3v) is 3.95. The molecular formula is C19H15F4N3O. The van der Waals surface area contributed by atoms with E-state index in [9.17, 15) is 22.4 Å². The van der Waals surface area contributed by atoms with Gasteiger partial charge >= 0.3 is 6.18 Å². The molecule has 0 aliphatic carbocycles. The van der Waals surface area contributed by atoms with Crippen LogP contribution in [0.3, 0.4) is 0 Å². The Labute approximate surface area is 152 Å². The van der Waals surface area contributed by atoms with Crippen LogP contribution >= 0.6 is 0 Å². The van der Waals surface area contributed by atoms with Crippen LogP contribution in [0.2, 0.25) is 0 Å². The van der Waals surface area contributed by atoms with Gasteiger partial charge in [0.05, 0.1) is 5.69 Å². The van der Waals surface area contributed by atoms with Gasteiger partial charge in [-0.15, -0.1) is 0 Å². The molecule has 0 aliphatic rings. The van der Waals surface area contributed by atoms with Crippen molar-refractivity contribution in [2.24, 2.45) is 7.05 Å². The Morgan fingerprint density at radius 3 is 2.44 bits per heavy atom. The first-order valence-electron chi connectivity index (χ1n) is 7.94. The minimum atomic E-state index is -4.62. The molecule has 1 heterocycles. The summed E-state index contributed by atoms with van der Waals surface area (Å²) in [6.07, 6.45) is -4.62. The quantitative estimate of drug-likeness (QED) is 0.666. The summed E-state index contributed by atoms with van der Waals surface area (Å²) < 4.78 is 53.8. The molecular weight excluding hydrogens is 362 g/mol. The number of amides is 1. The van der Waals surface area contributed by atoms with Gasteiger partial charge in [0.25, 0.3) is 5.91 Å². The highest BCUT2D eigenvalue weighted by atomic mass is 19.4. The van der Waals surface area contributed by atoms with Gasteiger partial charge in [0.2, 0.25) is 0 Å². The molecule has 0 saturated heterocycles. The van der Waals surface area contributed by atoms with E-state index in [1.165, 1.54) is 19.2 Å². The van der Waals surface area contributed by atoms with Crippen molar-refractivity contribution in [3.05, 3.63) is 71.2 Å². The average molecular weight is 377 g/mol. The van der Waals surface area contributed by atoms with Gasteiger partial charge in [0.15, 0.2) is 5.69 Å². The molecule has 27 heavy (non-hydrogen) atoms. The van der Waals surface area contributed by atoms with E-state index in [0.717, 1.165) is 22.4 Å². The Morgan fingerprint density at radius 2 is 1.85 bits per heavy atom. The van der Waals surface area contributed by atoms with Crippen molar-refractivity contribution in [2.45, 2.75) is 13.1 Å². The van der Waals surface area contributed by atoms with Gasteiger partial charge in [0.1, 0.15) is 5.82 Å². The fourth-order valence-electron chi connectivity index (χ4n) is 2.65. The van der Waals surface area contributed by atoms with E-state index in [1.54, 1.807) is 18.2 Å². The van der Waals surface area contributed by atoms with Crippen molar-refractivity contribution >= 4 is 11.6 Å². The Hall–Kier alpha value is -3.16. The molecule has 1 aromatic heterocycles. The van der Waals surface area contributed by atoms with Crippen molar-refractivity contribution in [1.29, 1.82) is 0 Å². The molecule has 0 spiro atoms. The molecule has 2 aromatic carbocycles. The van der Waals surface area contributed by atoms with Crippen LogP contribution in [0.15, 0.2) is 48.5 Å². The summed E-state index contributed by atoms with van der Waals surface area (Å²) in [4.78, 5) is 12.3. The molecule has 8 heteroatoms. The van der Waals surface area contributed by atoms with E-state index < -0.39 is 23.6 Å². The van der Waals surface area contributed by atoms with Crippen molar-refractivity contribution < 1.29 is 22.4 Å². The Balaban J connectivity index is 1.88. The maximum absolute atomic E-state index is 14.5. The molecule has 0 unspecified atom stereocenters. The summed E-state index contributed by atoms with van der Waals surface area (Å²) in [6, 6.07) is 11.5. The molecule has 1 N–H and O–H groups in total. The lowest BCUT2D eigenvalue weighted by molar-refractivity contribution is -0.141. The maximum Gasteiger partial charge on any atom is 0.435 e. The maximum atomic E-state index is 14.5. The van der Waals surface area contributed by atoms with Crippen LogP contribution in [-0.4, -0.2) is 15.7 Å². The minimum Gasteiger partial charge on any atom is -0.322 e. The number of rotatable bonds is 3. The van der Waals surface area contributed by atoms with Crippen LogP contribution in [0.25, 0.3) is 11.3 Å². The summed E-state index contributed by atoms with van der Waals surface area (Å²) in [5.41, 5.74) is 0.339. The average Bonchev–Trinajstić information content (AvgIpc) is 2.96. The van der Waals surface area contributed by atoms with E-state index in [1.807, 2.05) is 13.0 Å². The van der Waals surface area contributed by atoms with Crippen LogP contribution < -0.4 is 5.32 Å². The molecule has 0 bridgehead atoms. The highest BCUT2D eigenvalue weighted by Gasteiger charge is 2.35. The number of anilines is 1. The molecule has 140 valence electrons. The summed E-state index contributed by atoms with van der Waals surface area (Å²) in [6.45, 7) is 1.87. The van der Waals surface area contributed by atoms with Crippen molar-refractivity contribution in [3.8, 4) is 11.3 Å². The van der Waals surface area contributed by atoms with Crippen molar-refractivity contribution in [1.82, 2.24) is 9.78 Å². The predicted molar refractivity (Wildman–Crippen MR) is 92.7 cm³/mol. The third kappa shape index (κ3) is 3.99. The number of alkyl halides is 3. The van der Waals surface area contributed by atoms with Gasteiger partial charge in [-0.1, -0.05) is 12.1 Å². The Kier molecular flexibility index (Phi) is 4.73. The number of aryl methyl sites for hydroxylation is 2. The molecule has 0 saturated carbocycles. The Morgan fingerprint density at radius 1 is 1.11 bits per heavy atom. The molecule has 1 amide bonds. The molecule has 3 rings (SSSR count). The number of nitrogens with one attached hydrogen (secondary N) is 1. The van der Waals surface area contributed by atoms with Gasteiger partial charge in [-0.3, -0.25) is 9.48 Å². The van der Waals surface area contributed by atoms with E-state index in [-0.39, 0.29) is 16.8 Å². The van der Waals surface area contributed by atoms with E-state index >= 15 is 0 Å². The van der Waals surface area contributed by atoms with Gasteiger partial charge in [-0.2, -0.15) is 18.3 Å². The lowest BCUT2D eigenvalue weighted by Gasteiger charge is -2.08. The first-order chi connectivity index (χ1) is 12.6. The number of carbonyl (C=O) groups excluding carboxylic acids is 1. The zero-order valence-corrected chi connectivity index (χ0v) is 14.4. The van der Waals surface area contributed by atoms with Crippen LogP contribution in [-0.2, 0) is 13.2 Å². The van der Waals surface area contributed by atoms with E-state index in [4.69, 9.17) is 0 Å². The lowest BCUT2D eigenvalue weighted by Crippen LogP contribution is -2.12. The summed E-state index contributed by atoms with van der Waals surface area (Å²) in [7, 11) is 1.29. The van der Waals surface area contributed by atoms with Crippen LogP contribution in [0.4, 0.5) is 23.2 Å². The number of benzene rings is 2. The number of aromatic nitrogens is 2. The smallest absolute Gasteiger partial charge is 0.322 e. The number of hydrogen-bond acceptors (Lipinski definition) is 2. The SMILES string of the molecule is Cc1cccc(NC(=O)c2ccc(-c3cc(C(F)(F)F)nn3C)c(F)c2)c1. The van der Waals surface area contributed by atoms with Gasteiger partial charge in [-0.25, -0.2) is 4.39 Å². The molecule has 0 fully saturated rings. The number of carbonyl (C=O) groups is 1. The lowest BCUT2D eigenvalue weighted by atomic mass is 10.1. The third-order valence-electron chi connectivity index (χ3n) is 3.95. The zero-order chi connectivity index (χ0) is 19.8. The second kappa shape index (κ2) is 6.86. The van der Waals surface area contributed by atoms with Crippen molar-refractivity contribution in [2.75, 3.05) is 5.32 Å². The summed E-state index contributed by atoms with van der Waals surface area (Å²) in [5.74, 6) is -1.34. The second-order valence-corrected chi connectivity index (χ2v) is 6.05. The summed E-state index contributed by atoms with van der Waals surface area (Å²) in [5, 5.41) is 6.02. The first kappa shape index (κ1) is 18.6. The number of halogens is 4. The number of nitrogens with zero attached hydrogens (tertiary/aromatic N) is 2.